The minimum absolute atomic E-state index is 0.198. The monoisotopic (exact) mass is 424 g/mol. The number of fused-ring (bicyclic) bond motifs is 1. The molecule has 0 unspecified atom stereocenters. The molecule has 0 saturated carbocycles. The second-order valence-corrected chi connectivity index (χ2v) is 14.2. The molecule has 3 rings (SSSR count). The maximum atomic E-state index is 12.6. The van der Waals surface area contributed by atoms with Gasteiger partial charge in [0.25, 0.3) is 0 Å². The van der Waals surface area contributed by atoms with Gasteiger partial charge in [-0.05, 0) is 39.7 Å². The summed E-state index contributed by atoms with van der Waals surface area (Å²) in [5.41, 5.74) is 0.979. The van der Waals surface area contributed by atoms with Crippen molar-refractivity contribution in [2.75, 3.05) is 20.0 Å². The van der Waals surface area contributed by atoms with Gasteiger partial charge in [-0.15, -0.1) is 11.8 Å². The summed E-state index contributed by atoms with van der Waals surface area (Å²) in [6, 6.07) is 20.7. The van der Waals surface area contributed by atoms with E-state index in [-0.39, 0.29) is 11.9 Å². The Bertz CT molecular complexity index is 1010. The highest BCUT2D eigenvalue weighted by atomic mass is 32.2. The van der Waals surface area contributed by atoms with Crippen molar-refractivity contribution in [3.8, 4) is 5.75 Å². The molecule has 0 bridgehead atoms. The van der Waals surface area contributed by atoms with E-state index in [4.69, 9.17) is 9.47 Å². The van der Waals surface area contributed by atoms with E-state index in [1.54, 1.807) is 18.9 Å². The number of methoxy groups -OCH3 is 2. The van der Waals surface area contributed by atoms with Crippen LogP contribution in [0.2, 0.25) is 19.6 Å². The fourth-order valence-corrected chi connectivity index (χ4v) is 7.04. The first-order valence-corrected chi connectivity index (χ1v) is 14.2. The van der Waals surface area contributed by atoms with Gasteiger partial charge in [-0.25, -0.2) is 0 Å². The molecule has 0 aromatic heterocycles. The van der Waals surface area contributed by atoms with E-state index in [9.17, 15) is 4.79 Å². The lowest BCUT2D eigenvalue weighted by atomic mass is 9.97. The van der Waals surface area contributed by atoms with Crippen LogP contribution in [0.15, 0.2) is 65.6 Å². The van der Waals surface area contributed by atoms with Crippen LogP contribution in [-0.4, -0.2) is 34.0 Å². The number of hydrogen-bond acceptors (Lipinski definition) is 4. The van der Waals surface area contributed by atoms with Crippen LogP contribution < -0.4 is 9.92 Å². The number of benzene rings is 3. The van der Waals surface area contributed by atoms with Crippen molar-refractivity contribution in [3.05, 3.63) is 66.2 Å². The molecule has 0 amide bonds. The summed E-state index contributed by atoms with van der Waals surface area (Å²) in [6.45, 7) is 7.05. The SMILES string of the molecule is COC(=O)[C@@H](CSc1ccccc1[Si](C)(C)C)c1ccc2cc(OC)ccc2c1. The number of ether oxygens (including phenoxy) is 2. The summed E-state index contributed by atoms with van der Waals surface area (Å²) >= 11 is 1.75. The van der Waals surface area contributed by atoms with E-state index >= 15 is 0 Å². The number of rotatable bonds is 7. The van der Waals surface area contributed by atoms with Crippen molar-refractivity contribution in [1.29, 1.82) is 0 Å². The first-order chi connectivity index (χ1) is 13.8. The maximum absolute atomic E-state index is 12.6. The summed E-state index contributed by atoms with van der Waals surface area (Å²) in [6.07, 6.45) is 0. The Labute approximate surface area is 178 Å². The molecular weight excluding hydrogens is 396 g/mol. The lowest BCUT2D eigenvalue weighted by Crippen LogP contribution is -2.38. The minimum Gasteiger partial charge on any atom is -0.497 e. The molecule has 0 radical (unpaired) electrons. The largest absolute Gasteiger partial charge is 0.497 e. The van der Waals surface area contributed by atoms with E-state index in [1.165, 1.54) is 17.2 Å². The molecule has 0 aliphatic heterocycles. The van der Waals surface area contributed by atoms with Crippen molar-refractivity contribution in [2.45, 2.75) is 30.5 Å². The van der Waals surface area contributed by atoms with Crippen molar-refractivity contribution in [2.24, 2.45) is 0 Å². The van der Waals surface area contributed by atoms with Gasteiger partial charge in [-0.2, -0.15) is 0 Å². The molecule has 0 heterocycles. The van der Waals surface area contributed by atoms with Gasteiger partial charge in [0, 0.05) is 10.6 Å². The van der Waals surface area contributed by atoms with Crippen LogP contribution in [0.25, 0.3) is 10.8 Å². The molecular formula is C24H28O3SSi. The summed E-state index contributed by atoms with van der Waals surface area (Å²) in [7, 11) is 1.67. The fourth-order valence-electron chi connectivity index (χ4n) is 3.41. The van der Waals surface area contributed by atoms with E-state index in [0.29, 0.717) is 5.75 Å². The zero-order valence-corrected chi connectivity index (χ0v) is 19.5. The van der Waals surface area contributed by atoms with Gasteiger partial charge < -0.3 is 9.47 Å². The Morgan fingerprint density at radius 2 is 1.66 bits per heavy atom. The highest BCUT2D eigenvalue weighted by Crippen LogP contribution is 2.30. The van der Waals surface area contributed by atoms with Crippen molar-refractivity contribution < 1.29 is 14.3 Å². The Kier molecular flexibility index (Phi) is 6.70. The molecule has 0 saturated heterocycles. The van der Waals surface area contributed by atoms with Gasteiger partial charge in [0.05, 0.1) is 28.2 Å². The highest BCUT2D eigenvalue weighted by Gasteiger charge is 2.25. The molecule has 152 valence electrons. The van der Waals surface area contributed by atoms with Gasteiger partial charge in [-0.1, -0.05) is 62.1 Å². The number of esters is 1. The number of thioether (sulfide) groups is 1. The van der Waals surface area contributed by atoms with Gasteiger partial charge >= 0.3 is 5.97 Å². The fraction of sp³-hybridized carbons (Fsp3) is 0.292. The van der Waals surface area contributed by atoms with Crippen LogP contribution >= 0.6 is 11.8 Å². The van der Waals surface area contributed by atoms with Gasteiger partial charge in [0.15, 0.2) is 0 Å². The standard InChI is InChI=1S/C24H28O3SSi/c1-26-20-13-12-17-14-19(11-10-18(17)15-20)21(24(25)27-2)16-28-22-8-6-7-9-23(22)29(3,4)5/h6-15,21H,16H2,1-5H3/t21-/m0/s1. The average molecular weight is 425 g/mol. The summed E-state index contributed by atoms with van der Waals surface area (Å²) < 4.78 is 10.4. The molecule has 0 aliphatic carbocycles. The minimum atomic E-state index is -1.46. The zero-order chi connectivity index (χ0) is 21.0. The molecule has 3 aromatic carbocycles. The highest BCUT2D eigenvalue weighted by molar-refractivity contribution is 7.99. The second-order valence-electron chi connectivity index (χ2n) is 8.11. The van der Waals surface area contributed by atoms with Crippen molar-refractivity contribution in [3.63, 3.8) is 0 Å². The third-order valence-corrected chi connectivity index (χ3v) is 8.46. The Morgan fingerprint density at radius 3 is 2.34 bits per heavy atom. The Balaban J connectivity index is 1.90. The van der Waals surface area contributed by atoms with Crippen LogP contribution in [0.1, 0.15) is 11.5 Å². The topological polar surface area (TPSA) is 35.5 Å². The van der Waals surface area contributed by atoms with Crippen LogP contribution in [0.4, 0.5) is 0 Å². The van der Waals surface area contributed by atoms with E-state index in [0.717, 1.165) is 22.1 Å². The molecule has 5 heteroatoms. The van der Waals surface area contributed by atoms with Crippen molar-refractivity contribution >= 4 is 41.8 Å². The lowest BCUT2D eigenvalue weighted by Gasteiger charge is -2.22. The van der Waals surface area contributed by atoms with Gasteiger partial charge in [-0.3, -0.25) is 4.79 Å². The summed E-state index contributed by atoms with van der Waals surface area (Å²) in [5.74, 6) is 0.964. The van der Waals surface area contributed by atoms with Crippen LogP contribution in [0.3, 0.4) is 0 Å². The predicted octanol–water partition coefficient (Wildman–Crippen LogP) is 5.44. The third-order valence-electron chi connectivity index (χ3n) is 5.06. The third kappa shape index (κ3) is 5.03. The molecule has 0 N–H and O–H groups in total. The number of carbonyl (C=O) groups excluding carboxylic acids is 1. The molecule has 3 aromatic rings. The number of carbonyl (C=O) groups is 1. The van der Waals surface area contributed by atoms with Gasteiger partial charge in [0.1, 0.15) is 5.75 Å². The smallest absolute Gasteiger partial charge is 0.313 e. The average Bonchev–Trinajstić information content (AvgIpc) is 2.72. The summed E-state index contributed by atoms with van der Waals surface area (Å²) in [4.78, 5) is 13.9. The quantitative estimate of drug-likeness (QED) is 0.287. The molecule has 0 fully saturated rings. The normalized spacial score (nSPS) is 12.6. The molecule has 3 nitrogen and oxygen atoms in total. The molecule has 29 heavy (non-hydrogen) atoms. The molecule has 1 atom stereocenters. The van der Waals surface area contributed by atoms with E-state index in [1.807, 2.05) is 30.3 Å². The van der Waals surface area contributed by atoms with Crippen LogP contribution in [-0.2, 0) is 9.53 Å². The molecule has 0 spiro atoms. The first-order valence-electron chi connectivity index (χ1n) is 9.71. The molecule has 0 aliphatic rings. The number of hydrogen-bond donors (Lipinski definition) is 0. The van der Waals surface area contributed by atoms with E-state index in [2.05, 4.69) is 50.0 Å². The van der Waals surface area contributed by atoms with E-state index < -0.39 is 8.07 Å². The van der Waals surface area contributed by atoms with Crippen molar-refractivity contribution in [1.82, 2.24) is 0 Å². The maximum Gasteiger partial charge on any atom is 0.313 e. The predicted molar refractivity (Wildman–Crippen MR) is 125 cm³/mol. The first kappa shape index (κ1) is 21.5. The summed E-state index contributed by atoms with van der Waals surface area (Å²) in [5, 5.41) is 3.61. The lowest BCUT2D eigenvalue weighted by molar-refractivity contribution is -0.141. The van der Waals surface area contributed by atoms with Crippen LogP contribution in [0.5, 0.6) is 5.75 Å². The Hall–Kier alpha value is -2.24. The second kappa shape index (κ2) is 9.05. The Morgan fingerprint density at radius 1 is 0.966 bits per heavy atom. The van der Waals surface area contributed by atoms with Crippen LogP contribution in [0, 0.1) is 0 Å². The zero-order valence-electron chi connectivity index (χ0n) is 17.7. The van der Waals surface area contributed by atoms with Gasteiger partial charge in [0.2, 0.25) is 0 Å².